The molecular formula is C104H190O18. The minimum atomic E-state index is -0.610. The van der Waals surface area contributed by atoms with Crippen LogP contribution in [0.15, 0.2) is 0 Å². The van der Waals surface area contributed by atoms with Gasteiger partial charge in [-0.05, 0) is 363 Å². The summed E-state index contributed by atoms with van der Waals surface area (Å²) < 4.78 is 51.9. The number of fused-ring (bicyclic) bond motifs is 1. The number of carbonyl (C=O) groups is 8. The van der Waals surface area contributed by atoms with E-state index in [0.717, 1.165) is 158 Å². The molecule has 9 atom stereocenters. The predicted molar refractivity (Wildman–Crippen MR) is 493 cm³/mol. The van der Waals surface area contributed by atoms with Crippen molar-refractivity contribution in [3.63, 3.8) is 0 Å². The molecule has 1 N–H and O–H groups in total. The fourth-order valence-electron chi connectivity index (χ4n) is 25.8. The Morgan fingerprint density at radius 2 is 0.877 bits per heavy atom. The number of hydrogen-bond acceptors (Lipinski definition) is 18. The first-order valence-electron chi connectivity index (χ1n) is 45.6. The van der Waals surface area contributed by atoms with Gasteiger partial charge in [-0.3, -0.25) is 33.6 Å². The number of rotatable bonds is 24. The Kier molecular flexibility index (Phi) is 40.9. The van der Waals surface area contributed by atoms with Crippen LogP contribution in [-0.4, -0.2) is 114 Å². The Bertz CT molecular complexity index is 3280. The Hall–Kier alpha value is -4.32. The van der Waals surface area contributed by atoms with Crippen LogP contribution in [0.25, 0.3) is 0 Å². The number of hydrogen-bond donors (Lipinski definition) is 1. The topological polar surface area (TPSA) is 240 Å². The van der Waals surface area contributed by atoms with Crippen LogP contribution in [0.2, 0.25) is 0 Å². The maximum Gasteiger partial charge on any atom is 0.344 e. The summed E-state index contributed by atoms with van der Waals surface area (Å²) in [5.41, 5.74) is -3.77. The van der Waals surface area contributed by atoms with Crippen molar-refractivity contribution in [1.29, 1.82) is 0 Å². The smallest absolute Gasteiger partial charge is 0.344 e. The summed E-state index contributed by atoms with van der Waals surface area (Å²) in [6, 6.07) is 0. The first kappa shape index (κ1) is 114. The monoisotopic (exact) mass is 1730 g/mol. The molecule has 19 aliphatic carbocycles. The van der Waals surface area contributed by atoms with Crippen LogP contribution in [0.5, 0.6) is 0 Å². The van der Waals surface area contributed by atoms with Crippen LogP contribution in [-0.2, 0) is 81.0 Å². The maximum absolute atomic E-state index is 13.3. The SMILES string of the molecule is C.C.C.C.C.C.C.C.C.C.CCC(C)(C)C(=O)OC1(C(C)C)C2CC3CC(C2)CC1C3.CCC(C)(C)C(=O)OC12CC3CC(CC(O)(C3)C1)C2.CCC(C)(C)C(=O)OC1C2CC3CC1CC(C(=O)OCOCC1C4CC5CC(C4)CC1C5)(C3)C2.CCC(C)(C)C(=O)OCC(=O)OC1C2CC3C(=O)OC1C3C2.CCC1(OC(=O)C(C)(C)CC)CCCCC1. The van der Waals surface area contributed by atoms with E-state index in [2.05, 4.69) is 27.7 Å². The first-order valence-corrected chi connectivity index (χ1v) is 45.6. The highest BCUT2D eigenvalue weighted by molar-refractivity contribution is 5.81. The van der Waals surface area contributed by atoms with E-state index in [1.54, 1.807) is 13.8 Å². The van der Waals surface area contributed by atoms with Gasteiger partial charge < -0.3 is 47.7 Å². The largest absolute Gasteiger partial charge is 0.461 e. The number of carbonyl (C=O) groups excluding carboxylic acids is 8. The Labute approximate surface area is 746 Å². The zero-order valence-corrected chi connectivity index (χ0v) is 72.7. The molecule has 0 radical (unpaired) electrons. The second kappa shape index (κ2) is 43.9. The molecule has 1 heterocycles. The molecule has 18 heteroatoms. The van der Waals surface area contributed by atoms with Crippen molar-refractivity contribution in [2.45, 2.75) is 458 Å². The van der Waals surface area contributed by atoms with Crippen LogP contribution in [0.3, 0.4) is 0 Å². The maximum atomic E-state index is 13.3. The molecule has 18 bridgehead atoms. The zero-order chi connectivity index (χ0) is 81.3. The fourth-order valence-corrected chi connectivity index (χ4v) is 25.8. The van der Waals surface area contributed by atoms with Crippen molar-refractivity contribution in [3.8, 4) is 0 Å². The van der Waals surface area contributed by atoms with E-state index in [-0.39, 0.29) is 193 Å². The number of aliphatic hydroxyl groups is 1. The van der Waals surface area contributed by atoms with Gasteiger partial charge in [-0.1, -0.05) is 136 Å². The van der Waals surface area contributed by atoms with Crippen LogP contribution in [0.1, 0.15) is 417 Å². The summed E-state index contributed by atoms with van der Waals surface area (Å²) in [4.78, 5) is 98.7. The lowest BCUT2D eigenvalue weighted by molar-refractivity contribution is -0.231. The van der Waals surface area contributed by atoms with E-state index in [9.17, 15) is 43.5 Å². The average Bonchev–Trinajstić information content (AvgIpc) is 0.731. The minimum absolute atomic E-state index is 0. The molecular weight excluding hydrogens is 1540 g/mol. The van der Waals surface area contributed by atoms with E-state index >= 15 is 0 Å². The standard InChI is InChI=1S/C29H44O5.C19H32O2.C16H22O6.C16H26O3.C14H26O2.10CH4/c1-4-28(2,3)26(30)34-25-22-10-19-11-23(25)14-29(12-19,13-22)27(31)33-16-32-15-24-20-6-17-5-18(8-20)9-21(24)7-17;1-6-18(4,5)17(20)21-19(12(2)3)15-8-13-7-14(10-15)11-16(19)9-13;1-4-16(2,3)15(19)20-7-11(17)21-12-8-5-9-10(6-8)14(18)22-13(9)12;1-4-14(2,3)13(17)19-16-8-11-5-12(9-16)7-15(18,6-11)10-16;1-5-13(3,4)12(15)16-14(6-2)10-8-7-9-11-14;;;;;;;;;;/h17-25H,4-16H2,1-3H3;12-16H,6-11H2,1-5H3;8-10,12-13H,4-7H2,1-3H3;11-12,18H,4-10H2,1-3H3;5-11H2,1-4H3;10*1H4. The van der Waals surface area contributed by atoms with Crippen LogP contribution >= 0.6 is 0 Å². The number of esters is 8. The highest BCUT2D eigenvalue weighted by atomic mass is 16.7. The van der Waals surface area contributed by atoms with Crippen LogP contribution in [0.4, 0.5) is 0 Å². The Balaban J connectivity index is 0.000000519. The van der Waals surface area contributed by atoms with E-state index in [1.807, 2.05) is 83.1 Å². The zero-order valence-electron chi connectivity index (χ0n) is 72.7. The van der Waals surface area contributed by atoms with Gasteiger partial charge in [0, 0.05) is 18.3 Å². The van der Waals surface area contributed by atoms with Gasteiger partial charge >= 0.3 is 47.8 Å². The van der Waals surface area contributed by atoms with Crippen molar-refractivity contribution in [3.05, 3.63) is 0 Å². The predicted octanol–water partition coefficient (Wildman–Crippen LogP) is 25.5. The second-order valence-corrected chi connectivity index (χ2v) is 43.7. The van der Waals surface area contributed by atoms with Gasteiger partial charge in [-0.2, -0.15) is 0 Å². The molecule has 18 nitrogen and oxygen atoms in total. The molecule has 0 spiro atoms. The average molecular weight is 1730 g/mol. The molecule has 0 aromatic carbocycles. The lowest BCUT2D eigenvalue weighted by Gasteiger charge is -2.62. The molecule has 9 unspecified atom stereocenters. The molecule has 1 aliphatic heterocycles. The first-order chi connectivity index (χ1) is 52.6. The van der Waals surface area contributed by atoms with Crippen molar-refractivity contribution < 1.29 is 86.1 Å². The van der Waals surface area contributed by atoms with E-state index in [0.29, 0.717) is 66.1 Å². The van der Waals surface area contributed by atoms with Gasteiger partial charge in [0.25, 0.3) is 0 Å². The van der Waals surface area contributed by atoms with Gasteiger partial charge in [0.05, 0.1) is 50.6 Å². The summed E-state index contributed by atoms with van der Waals surface area (Å²) >= 11 is 0. The fraction of sp³-hybridized carbons (Fsp3) is 0.923. The molecule has 20 aliphatic rings. The molecule has 1 saturated heterocycles. The second-order valence-electron chi connectivity index (χ2n) is 43.7. The highest BCUT2D eigenvalue weighted by Crippen LogP contribution is 2.65. The molecule has 0 aromatic heterocycles. The third-order valence-corrected chi connectivity index (χ3v) is 33.6. The van der Waals surface area contributed by atoms with Crippen LogP contribution < -0.4 is 0 Å². The van der Waals surface area contributed by atoms with Crippen molar-refractivity contribution in [2.24, 2.45) is 139 Å². The van der Waals surface area contributed by atoms with E-state index in [4.69, 9.17) is 42.6 Å². The Morgan fingerprint density at radius 3 is 1.34 bits per heavy atom. The summed E-state index contributed by atoms with van der Waals surface area (Å²) in [6.07, 6.45) is 35.6. The van der Waals surface area contributed by atoms with Crippen molar-refractivity contribution >= 4 is 47.8 Å². The van der Waals surface area contributed by atoms with Gasteiger partial charge in [-0.25, -0.2) is 4.79 Å². The van der Waals surface area contributed by atoms with Crippen molar-refractivity contribution in [2.75, 3.05) is 20.0 Å². The molecule has 20 fully saturated rings. The summed E-state index contributed by atoms with van der Waals surface area (Å²) in [5.74, 6) is 9.11. The molecule has 19 saturated carbocycles. The molecule has 714 valence electrons. The molecule has 122 heavy (non-hydrogen) atoms. The lowest BCUT2D eigenvalue weighted by atomic mass is 9.47. The van der Waals surface area contributed by atoms with E-state index < -0.39 is 33.8 Å². The summed E-state index contributed by atoms with van der Waals surface area (Å²) in [7, 11) is 0. The van der Waals surface area contributed by atoms with Gasteiger partial charge in [0.15, 0.2) is 13.4 Å². The van der Waals surface area contributed by atoms with E-state index in [1.165, 1.54) is 89.9 Å². The highest BCUT2D eigenvalue weighted by Gasteiger charge is 2.66. The normalized spacial score (nSPS) is 36.0. The third-order valence-electron chi connectivity index (χ3n) is 33.6. The molecule has 0 amide bonds. The van der Waals surface area contributed by atoms with Gasteiger partial charge in [0.2, 0.25) is 0 Å². The molecule has 20 rings (SSSR count). The third kappa shape index (κ3) is 23.6. The van der Waals surface area contributed by atoms with Crippen molar-refractivity contribution in [1.82, 2.24) is 0 Å². The van der Waals surface area contributed by atoms with Gasteiger partial charge in [-0.15, -0.1) is 0 Å². The van der Waals surface area contributed by atoms with Crippen LogP contribution in [0, 0.1) is 139 Å². The molecule has 0 aromatic rings. The van der Waals surface area contributed by atoms with Gasteiger partial charge in [0.1, 0.15) is 35.1 Å². The number of ether oxygens (including phenoxy) is 9. The Morgan fingerprint density at radius 1 is 0.443 bits per heavy atom. The summed E-state index contributed by atoms with van der Waals surface area (Å²) in [5, 5.41) is 10.6. The summed E-state index contributed by atoms with van der Waals surface area (Å²) in [6.45, 7) is 36.6. The lowest BCUT2D eigenvalue weighted by Crippen LogP contribution is -2.63. The minimum Gasteiger partial charge on any atom is -0.461 e. The quantitative estimate of drug-likeness (QED) is 0.0409.